The first kappa shape index (κ1) is 20.6. The van der Waals surface area contributed by atoms with Crippen molar-refractivity contribution >= 4 is 29.4 Å². The van der Waals surface area contributed by atoms with Crippen LogP contribution in [0.2, 0.25) is 0 Å². The van der Waals surface area contributed by atoms with Gasteiger partial charge < -0.3 is 21.1 Å². The standard InChI is InChI=1S/C23H22N4O3/c1-30-20-4-2-3-16(13-20)7-10-22(28)26-15-17-5-8-18(9-6-17)23(29)27-19-11-12-25-21(24)14-19/h2-14H,15H2,1H3,(H,26,28)(H3,24,25,27,29). The highest BCUT2D eigenvalue weighted by atomic mass is 16.5. The van der Waals surface area contributed by atoms with E-state index >= 15 is 0 Å². The van der Waals surface area contributed by atoms with Gasteiger partial charge in [0, 0.05) is 36.1 Å². The summed E-state index contributed by atoms with van der Waals surface area (Å²) in [4.78, 5) is 28.2. The first-order valence-corrected chi connectivity index (χ1v) is 9.25. The molecule has 0 unspecified atom stereocenters. The van der Waals surface area contributed by atoms with E-state index in [-0.39, 0.29) is 11.8 Å². The van der Waals surface area contributed by atoms with Crippen molar-refractivity contribution in [3.05, 3.63) is 89.6 Å². The van der Waals surface area contributed by atoms with Gasteiger partial charge in [-0.2, -0.15) is 0 Å². The van der Waals surface area contributed by atoms with Crippen LogP contribution in [0.5, 0.6) is 5.75 Å². The van der Waals surface area contributed by atoms with Crippen molar-refractivity contribution in [1.29, 1.82) is 0 Å². The van der Waals surface area contributed by atoms with Gasteiger partial charge in [0.2, 0.25) is 5.91 Å². The molecule has 1 aromatic heterocycles. The molecule has 7 nitrogen and oxygen atoms in total. The molecule has 4 N–H and O–H groups in total. The lowest BCUT2D eigenvalue weighted by molar-refractivity contribution is -0.116. The summed E-state index contributed by atoms with van der Waals surface area (Å²) in [6.07, 6.45) is 4.72. The van der Waals surface area contributed by atoms with Crippen molar-refractivity contribution in [3.63, 3.8) is 0 Å². The van der Waals surface area contributed by atoms with E-state index in [2.05, 4.69) is 15.6 Å². The molecule has 0 radical (unpaired) electrons. The number of rotatable bonds is 7. The van der Waals surface area contributed by atoms with Crippen LogP contribution in [-0.4, -0.2) is 23.9 Å². The van der Waals surface area contributed by atoms with E-state index in [1.165, 1.54) is 12.3 Å². The summed E-state index contributed by atoms with van der Waals surface area (Å²) in [6.45, 7) is 0.351. The highest BCUT2D eigenvalue weighted by Crippen LogP contribution is 2.14. The van der Waals surface area contributed by atoms with Crippen molar-refractivity contribution in [2.45, 2.75) is 6.54 Å². The number of anilines is 2. The van der Waals surface area contributed by atoms with Gasteiger partial charge in [-0.15, -0.1) is 0 Å². The Morgan fingerprint density at radius 1 is 1.10 bits per heavy atom. The molecule has 7 heteroatoms. The number of carbonyl (C=O) groups excluding carboxylic acids is 2. The molecule has 0 aliphatic rings. The third-order valence-electron chi connectivity index (χ3n) is 4.24. The Morgan fingerprint density at radius 3 is 2.63 bits per heavy atom. The predicted molar refractivity (Wildman–Crippen MR) is 117 cm³/mol. The maximum absolute atomic E-state index is 12.3. The molecule has 30 heavy (non-hydrogen) atoms. The van der Waals surface area contributed by atoms with Gasteiger partial charge in [-0.25, -0.2) is 4.98 Å². The van der Waals surface area contributed by atoms with Crippen LogP contribution in [0.4, 0.5) is 11.5 Å². The second kappa shape index (κ2) is 9.88. The van der Waals surface area contributed by atoms with E-state index in [1.807, 2.05) is 24.3 Å². The summed E-state index contributed by atoms with van der Waals surface area (Å²) >= 11 is 0. The number of methoxy groups -OCH3 is 1. The maximum Gasteiger partial charge on any atom is 0.255 e. The highest BCUT2D eigenvalue weighted by Gasteiger charge is 2.07. The molecule has 1 heterocycles. The van der Waals surface area contributed by atoms with E-state index in [0.717, 1.165) is 16.9 Å². The summed E-state index contributed by atoms with van der Waals surface area (Å²) in [5.41, 5.74) is 8.43. The van der Waals surface area contributed by atoms with Crippen LogP contribution < -0.4 is 21.1 Å². The number of ether oxygens (including phenoxy) is 1. The number of nitrogens with one attached hydrogen (secondary N) is 2. The van der Waals surface area contributed by atoms with Crippen molar-refractivity contribution in [3.8, 4) is 5.75 Å². The van der Waals surface area contributed by atoms with E-state index in [9.17, 15) is 9.59 Å². The van der Waals surface area contributed by atoms with E-state index in [1.54, 1.807) is 49.6 Å². The van der Waals surface area contributed by atoms with Crippen LogP contribution in [-0.2, 0) is 11.3 Å². The summed E-state index contributed by atoms with van der Waals surface area (Å²) in [5, 5.41) is 5.58. The van der Waals surface area contributed by atoms with Crippen LogP contribution in [0.3, 0.4) is 0 Å². The van der Waals surface area contributed by atoms with E-state index in [4.69, 9.17) is 10.5 Å². The largest absolute Gasteiger partial charge is 0.497 e. The maximum atomic E-state index is 12.3. The second-order valence-corrected chi connectivity index (χ2v) is 6.45. The monoisotopic (exact) mass is 402 g/mol. The number of carbonyl (C=O) groups is 2. The Labute approximate surface area is 174 Å². The lowest BCUT2D eigenvalue weighted by atomic mass is 10.1. The normalized spacial score (nSPS) is 10.6. The van der Waals surface area contributed by atoms with Crippen molar-refractivity contribution in [2.24, 2.45) is 0 Å². The number of pyridine rings is 1. The second-order valence-electron chi connectivity index (χ2n) is 6.45. The lowest BCUT2D eigenvalue weighted by Gasteiger charge is -2.07. The minimum atomic E-state index is -0.252. The van der Waals surface area contributed by atoms with Crippen LogP contribution in [0.25, 0.3) is 6.08 Å². The summed E-state index contributed by atoms with van der Waals surface area (Å²) < 4.78 is 5.16. The van der Waals surface area contributed by atoms with Gasteiger partial charge in [0.25, 0.3) is 5.91 Å². The number of nitrogen functional groups attached to an aromatic ring is 1. The molecule has 3 rings (SSSR count). The van der Waals surface area contributed by atoms with E-state index < -0.39 is 0 Å². The molecule has 0 atom stereocenters. The molecule has 2 aromatic carbocycles. The fourth-order valence-corrected chi connectivity index (χ4v) is 2.67. The molecule has 0 bridgehead atoms. The summed E-state index contributed by atoms with van der Waals surface area (Å²) in [6, 6.07) is 17.7. The molecule has 3 aromatic rings. The Kier molecular flexibility index (Phi) is 6.78. The van der Waals surface area contributed by atoms with Crippen LogP contribution in [0.15, 0.2) is 72.9 Å². The zero-order chi connectivity index (χ0) is 21.3. The average molecular weight is 402 g/mol. The highest BCUT2D eigenvalue weighted by molar-refractivity contribution is 6.04. The third-order valence-corrected chi connectivity index (χ3v) is 4.24. The molecule has 0 saturated heterocycles. The van der Waals surface area contributed by atoms with Crippen molar-refractivity contribution in [2.75, 3.05) is 18.2 Å². The molecule has 0 saturated carbocycles. The molecule has 152 valence electrons. The van der Waals surface area contributed by atoms with E-state index in [0.29, 0.717) is 23.6 Å². The number of aromatic nitrogens is 1. The molecule has 0 aliphatic heterocycles. The first-order chi connectivity index (χ1) is 14.5. The molecule has 0 spiro atoms. The quantitative estimate of drug-likeness (QED) is 0.526. The van der Waals surface area contributed by atoms with Crippen LogP contribution in [0, 0.1) is 0 Å². The Hall–Kier alpha value is -4.13. The number of nitrogens with zero attached hydrogens (tertiary/aromatic N) is 1. The topological polar surface area (TPSA) is 106 Å². The van der Waals surface area contributed by atoms with Crippen LogP contribution in [0.1, 0.15) is 21.5 Å². The predicted octanol–water partition coefficient (Wildman–Crippen LogP) is 3.25. The smallest absolute Gasteiger partial charge is 0.255 e. The Bertz CT molecular complexity index is 1060. The molecular weight excluding hydrogens is 380 g/mol. The molecular formula is C23H22N4O3. The van der Waals surface area contributed by atoms with Gasteiger partial charge in [-0.3, -0.25) is 9.59 Å². The van der Waals surface area contributed by atoms with Gasteiger partial charge in [0.1, 0.15) is 11.6 Å². The number of benzene rings is 2. The summed E-state index contributed by atoms with van der Waals surface area (Å²) in [5.74, 6) is 0.598. The zero-order valence-electron chi connectivity index (χ0n) is 16.5. The zero-order valence-corrected chi connectivity index (χ0v) is 16.5. The lowest BCUT2D eigenvalue weighted by Crippen LogP contribution is -2.20. The number of nitrogens with two attached hydrogens (primary N) is 1. The average Bonchev–Trinajstić information content (AvgIpc) is 2.76. The molecule has 0 fully saturated rings. The molecule has 2 amide bonds. The number of hydrogen-bond donors (Lipinski definition) is 3. The number of amides is 2. The van der Waals surface area contributed by atoms with Gasteiger partial charge in [-0.05, 0) is 47.5 Å². The summed E-state index contributed by atoms with van der Waals surface area (Å²) in [7, 11) is 1.60. The third kappa shape index (κ3) is 5.93. The van der Waals surface area contributed by atoms with Gasteiger partial charge in [0.05, 0.1) is 7.11 Å². The van der Waals surface area contributed by atoms with Gasteiger partial charge in [0.15, 0.2) is 0 Å². The SMILES string of the molecule is COc1cccc(C=CC(=O)NCc2ccc(C(=O)Nc3ccnc(N)c3)cc2)c1. The first-order valence-electron chi connectivity index (χ1n) is 9.25. The number of hydrogen-bond acceptors (Lipinski definition) is 5. The fourth-order valence-electron chi connectivity index (χ4n) is 2.67. The minimum absolute atomic E-state index is 0.213. The molecule has 0 aliphatic carbocycles. The van der Waals surface area contributed by atoms with Crippen molar-refractivity contribution in [1.82, 2.24) is 10.3 Å². The van der Waals surface area contributed by atoms with Gasteiger partial charge >= 0.3 is 0 Å². The Morgan fingerprint density at radius 2 is 1.90 bits per heavy atom. The van der Waals surface area contributed by atoms with Crippen molar-refractivity contribution < 1.29 is 14.3 Å². The van der Waals surface area contributed by atoms with Crippen LogP contribution >= 0.6 is 0 Å². The fraction of sp³-hybridized carbons (Fsp3) is 0.0870. The Balaban J connectivity index is 1.52. The van der Waals surface area contributed by atoms with Gasteiger partial charge in [-0.1, -0.05) is 24.3 Å². The minimum Gasteiger partial charge on any atom is -0.497 e.